The molecule has 9 nitrogen and oxygen atoms in total. The fourth-order valence-corrected chi connectivity index (χ4v) is 6.80. The summed E-state index contributed by atoms with van der Waals surface area (Å²) < 4.78 is 0. The van der Waals surface area contributed by atoms with E-state index in [1.165, 1.54) is 5.56 Å². The van der Waals surface area contributed by atoms with Gasteiger partial charge in [0.2, 0.25) is 11.8 Å². The summed E-state index contributed by atoms with van der Waals surface area (Å²) in [5.41, 5.74) is 9.68. The Bertz CT molecular complexity index is 1460. The average molecular weight is 573 g/mol. The van der Waals surface area contributed by atoms with Gasteiger partial charge in [0, 0.05) is 67.7 Å². The van der Waals surface area contributed by atoms with Crippen molar-refractivity contribution in [3.8, 4) is 0 Å². The lowest BCUT2D eigenvalue weighted by atomic mass is 9.73. The van der Waals surface area contributed by atoms with E-state index in [0.29, 0.717) is 13.1 Å². The Morgan fingerprint density at radius 3 is 2.45 bits per heavy atom. The van der Waals surface area contributed by atoms with Gasteiger partial charge in [-0.15, -0.1) is 0 Å². The van der Waals surface area contributed by atoms with Gasteiger partial charge in [0.15, 0.2) is 0 Å². The number of para-hydroxylation sites is 1. The van der Waals surface area contributed by atoms with Gasteiger partial charge in [0.05, 0.1) is 5.92 Å². The molecule has 1 saturated heterocycles. The van der Waals surface area contributed by atoms with E-state index in [2.05, 4.69) is 27.8 Å². The third-order valence-electron chi connectivity index (χ3n) is 9.14. The molecular weight excluding hydrogens is 528 g/mol. The van der Waals surface area contributed by atoms with Crippen molar-refractivity contribution in [2.24, 2.45) is 5.73 Å². The molecule has 9 heteroatoms. The van der Waals surface area contributed by atoms with E-state index < -0.39 is 17.6 Å². The van der Waals surface area contributed by atoms with Crippen molar-refractivity contribution >= 4 is 28.7 Å². The molecule has 0 saturated carbocycles. The molecular formula is C33H44N6O3. The van der Waals surface area contributed by atoms with Crippen LogP contribution in [-0.4, -0.2) is 77.9 Å². The summed E-state index contributed by atoms with van der Waals surface area (Å²) in [5, 5.41) is 6.86. The van der Waals surface area contributed by atoms with Crippen LogP contribution in [0.3, 0.4) is 0 Å². The number of nitrogens with one attached hydrogen (secondary N) is 3. The third kappa shape index (κ3) is 5.75. The summed E-state index contributed by atoms with van der Waals surface area (Å²) in [4.78, 5) is 47.2. The SMILES string of the molecule is C[C@H](c1c[nH]c2ccccc12)[C@@H](NC(=O)NCC(C)(C)N)C(=O)N1CCC2(CC1)C[C@@H](C(=O)N(C)C)c1ccccc12. The lowest BCUT2D eigenvalue weighted by molar-refractivity contribution is -0.136. The Balaban J connectivity index is 1.37. The van der Waals surface area contributed by atoms with E-state index in [0.717, 1.165) is 41.3 Å². The van der Waals surface area contributed by atoms with Crippen molar-refractivity contribution in [1.82, 2.24) is 25.4 Å². The highest BCUT2D eigenvalue weighted by Crippen LogP contribution is 2.52. The van der Waals surface area contributed by atoms with E-state index in [4.69, 9.17) is 5.73 Å². The van der Waals surface area contributed by atoms with Crippen LogP contribution < -0.4 is 16.4 Å². The predicted molar refractivity (Wildman–Crippen MR) is 165 cm³/mol. The normalized spacial score (nSPS) is 19.3. The van der Waals surface area contributed by atoms with Gasteiger partial charge in [-0.05, 0) is 55.9 Å². The van der Waals surface area contributed by atoms with E-state index in [1.54, 1.807) is 4.90 Å². The fourth-order valence-electron chi connectivity index (χ4n) is 6.80. The van der Waals surface area contributed by atoms with Crippen LogP contribution >= 0.6 is 0 Å². The quantitative estimate of drug-likeness (QED) is 0.344. The van der Waals surface area contributed by atoms with E-state index in [9.17, 15) is 14.4 Å². The van der Waals surface area contributed by atoms with Gasteiger partial charge in [-0.3, -0.25) is 9.59 Å². The van der Waals surface area contributed by atoms with Crippen LogP contribution in [0.4, 0.5) is 4.79 Å². The number of nitrogens with zero attached hydrogens (tertiary/aromatic N) is 2. The van der Waals surface area contributed by atoms with E-state index in [-0.39, 0.29) is 35.6 Å². The number of H-pyrrole nitrogens is 1. The number of likely N-dealkylation sites (tertiary alicyclic amines) is 1. The number of urea groups is 1. The number of carbonyl (C=O) groups excluding carboxylic acids is 3. The molecule has 1 aromatic heterocycles. The Hall–Kier alpha value is -3.85. The summed E-state index contributed by atoms with van der Waals surface area (Å²) in [6.07, 6.45) is 4.24. The molecule has 1 fully saturated rings. The topological polar surface area (TPSA) is 124 Å². The molecule has 2 aliphatic rings. The van der Waals surface area contributed by atoms with Crippen LogP contribution in [0.1, 0.15) is 68.6 Å². The Morgan fingerprint density at radius 1 is 1.10 bits per heavy atom. The van der Waals surface area contributed by atoms with Crippen LogP contribution in [-0.2, 0) is 15.0 Å². The van der Waals surface area contributed by atoms with Gasteiger partial charge >= 0.3 is 6.03 Å². The number of benzene rings is 2. The summed E-state index contributed by atoms with van der Waals surface area (Å²) >= 11 is 0. The summed E-state index contributed by atoms with van der Waals surface area (Å²) in [6.45, 7) is 7.07. The molecule has 1 aliphatic carbocycles. The highest BCUT2D eigenvalue weighted by Gasteiger charge is 2.49. The smallest absolute Gasteiger partial charge is 0.315 e. The summed E-state index contributed by atoms with van der Waals surface area (Å²) in [5.74, 6) is -0.418. The number of amides is 4. The number of likely N-dealkylation sites (N-methyl/N-ethyl adjacent to an activating group) is 1. The van der Waals surface area contributed by atoms with Gasteiger partial charge in [0.1, 0.15) is 6.04 Å². The number of fused-ring (bicyclic) bond motifs is 3. The molecule has 0 bridgehead atoms. The highest BCUT2D eigenvalue weighted by atomic mass is 16.2. The van der Waals surface area contributed by atoms with Crippen molar-refractivity contribution in [1.29, 1.82) is 0 Å². The zero-order valence-corrected chi connectivity index (χ0v) is 25.4. The third-order valence-corrected chi connectivity index (χ3v) is 9.14. The number of hydrogen-bond acceptors (Lipinski definition) is 4. The van der Waals surface area contributed by atoms with Crippen LogP contribution in [0.15, 0.2) is 54.7 Å². The zero-order chi connectivity index (χ0) is 30.2. The standard InChI is InChI=1S/C33H44N6O3/c1-21(25-19-35-27-13-9-7-11-23(25)27)28(37-31(42)36-20-32(2,3)34)30(41)39-16-14-33(15-17-39)18-24(29(40)38(4)5)22-10-6-8-12-26(22)33/h6-13,19,21,24,28,35H,14-18,20,34H2,1-5H3,(H2,36,37,42)/t21-,24-,28-/m1/s1. The number of aromatic nitrogens is 1. The molecule has 42 heavy (non-hydrogen) atoms. The van der Waals surface area contributed by atoms with Crippen molar-refractivity contribution < 1.29 is 14.4 Å². The second kappa shape index (κ2) is 11.4. The fraction of sp³-hybridized carbons (Fsp3) is 0.485. The molecule has 2 heterocycles. The Kier molecular flexibility index (Phi) is 8.07. The van der Waals surface area contributed by atoms with Crippen LogP contribution in [0.5, 0.6) is 0 Å². The summed E-state index contributed by atoms with van der Waals surface area (Å²) in [6, 6.07) is 15.1. The highest BCUT2D eigenvalue weighted by molar-refractivity contribution is 5.90. The number of piperidine rings is 1. The molecule has 2 aromatic carbocycles. The summed E-state index contributed by atoms with van der Waals surface area (Å²) in [7, 11) is 3.62. The maximum absolute atomic E-state index is 14.2. The van der Waals surface area contributed by atoms with Crippen molar-refractivity contribution in [3.05, 3.63) is 71.4 Å². The second-order valence-electron chi connectivity index (χ2n) is 13.1. The lowest BCUT2D eigenvalue weighted by Gasteiger charge is -2.42. The number of aromatic amines is 1. The molecule has 0 unspecified atom stereocenters. The molecule has 3 atom stereocenters. The first kappa shape index (κ1) is 29.6. The largest absolute Gasteiger partial charge is 0.361 e. The number of hydrogen-bond donors (Lipinski definition) is 4. The van der Waals surface area contributed by atoms with Crippen LogP contribution in [0.2, 0.25) is 0 Å². The number of nitrogens with two attached hydrogens (primary N) is 1. The van der Waals surface area contributed by atoms with Gasteiger partial charge in [-0.25, -0.2) is 4.79 Å². The van der Waals surface area contributed by atoms with E-state index >= 15 is 0 Å². The first-order valence-corrected chi connectivity index (χ1v) is 14.9. The maximum atomic E-state index is 14.2. The molecule has 3 aromatic rings. The number of carbonyl (C=O) groups is 3. The molecule has 224 valence electrons. The van der Waals surface area contributed by atoms with Crippen molar-refractivity contribution in [3.63, 3.8) is 0 Å². The minimum atomic E-state index is -0.766. The Labute approximate surface area is 248 Å². The van der Waals surface area contributed by atoms with Gasteiger partial charge < -0.3 is 31.2 Å². The van der Waals surface area contributed by atoms with Crippen molar-refractivity contribution in [2.75, 3.05) is 33.7 Å². The van der Waals surface area contributed by atoms with Gasteiger partial charge in [-0.2, -0.15) is 0 Å². The molecule has 1 spiro atoms. The first-order valence-electron chi connectivity index (χ1n) is 14.9. The lowest BCUT2D eigenvalue weighted by Crippen LogP contribution is -2.57. The Morgan fingerprint density at radius 2 is 1.76 bits per heavy atom. The molecule has 4 amide bonds. The number of rotatable bonds is 7. The second-order valence-corrected chi connectivity index (χ2v) is 13.1. The minimum Gasteiger partial charge on any atom is -0.361 e. The molecule has 5 N–H and O–H groups in total. The van der Waals surface area contributed by atoms with Crippen LogP contribution in [0.25, 0.3) is 10.9 Å². The molecule has 5 rings (SSSR count). The average Bonchev–Trinajstić information content (AvgIpc) is 3.54. The predicted octanol–water partition coefficient (Wildman–Crippen LogP) is 3.81. The van der Waals surface area contributed by atoms with Crippen molar-refractivity contribution in [2.45, 2.75) is 68.9 Å². The minimum absolute atomic E-state index is 0.100. The molecule has 1 aliphatic heterocycles. The maximum Gasteiger partial charge on any atom is 0.315 e. The molecule has 0 radical (unpaired) electrons. The van der Waals surface area contributed by atoms with Gasteiger partial charge in [0.25, 0.3) is 0 Å². The van der Waals surface area contributed by atoms with E-state index in [1.807, 2.05) is 82.4 Å². The zero-order valence-electron chi connectivity index (χ0n) is 25.4. The monoisotopic (exact) mass is 572 g/mol. The van der Waals surface area contributed by atoms with Crippen LogP contribution in [0, 0.1) is 0 Å². The van der Waals surface area contributed by atoms with Gasteiger partial charge in [-0.1, -0.05) is 49.4 Å². The first-order chi connectivity index (χ1) is 19.9.